The largest absolute Gasteiger partial charge is 0.494 e. The Kier molecular flexibility index (Phi) is 6.91. The zero-order valence-electron chi connectivity index (χ0n) is 10.5. The number of hydrogen-bond acceptors (Lipinski definition) is 2. The molecular formula is C14H22NO2+. The van der Waals surface area contributed by atoms with Crippen molar-refractivity contribution in [1.82, 2.24) is 0 Å². The lowest BCUT2D eigenvalue weighted by atomic mass is 10.3. The van der Waals surface area contributed by atoms with Crippen LogP contribution in [0.1, 0.15) is 13.3 Å². The van der Waals surface area contributed by atoms with Gasteiger partial charge in [-0.25, -0.2) is 0 Å². The van der Waals surface area contributed by atoms with Crippen LogP contribution in [0.4, 0.5) is 0 Å². The molecule has 0 saturated carbocycles. The van der Waals surface area contributed by atoms with E-state index in [4.69, 9.17) is 9.47 Å². The molecule has 0 heterocycles. The molecule has 3 heteroatoms. The van der Waals surface area contributed by atoms with Crippen LogP contribution in [-0.2, 0) is 0 Å². The topological polar surface area (TPSA) is 35.1 Å². The van der Waals surface area contributed by atoms with Crippen molar-refractivity contribution in [3.63, 3.8) is 0 Å². The van der Waals surface area contributed by atoms with Crippen LogP contribution in [0.15, 0.2) is 36.9 Å². The summed E-state index contributed by atoms with van der Waals surface area (Å²) >= 11 is 0. The van der Waals surface area contributed by atoms with Crippen LogP contribution in [0, 0.1) is 0 Å². The van der Waals surface area contributed by atoms with E-state index in [9.17, 15) is 0 Å². The summed E-state index contributed by atoms with van der Waals surface area (Å²) in [4.78, 5) is 0. The fourth-order valence-electron chi connectivity index (χ4n) is 1.47. The highest BCUT2D eigenvalue weighted by Gasteiger charge is 1.97. The summed E-state index contributed by atoms with van der Waals surface area (Å²) < 4.78 is 11.1. The van der Waals surface area contributed by atoms with Crippen LogP contribution < -0.4 is 14.8 Å². The average molecular weight is 236 g/mol. The average Bonchev–Trinajstić information content (AvgIpc) is 2.35. The van der Waals surface area contributed by atoms with E-state index < -0.39 is 0 Å². The lowest BCUT2D eigenvalue weighted by molar-refractivity contribution is -0.646. The van der Waals surface area contributed by atoms with Crippen molar-refractivity contribution in [2.45, 2.75) is 13.3 Å². The Morgan fingerprint density at radius 2 is 2.06 bits per heavy atom. The van der Waals surface area contributed by atoms with Crippen molar-refractivity contribution in [2.24, 2.45) is 0 Å². The molecule has 1 aromatic carbocycles. The fraction of sp³-hybridized carbons (Fsp3) is 0.429. The first-order valence-corrected chi connectivity index (χ1v) is 6.15. The third kappa shape index (κ3) is 5.97. The van der Waals surface area contributed by atoms with Crippen LogP contribution in [0.5, 0.6) is 11.5 Å². The first-order chi connectivity index (χ1) is 8.36. The first kappa shape index (κ1) is 13.6. The summed E-state index contributed by atoms with van der Waals surface area (Å²) in [5.41, 5.74) is 0. The molecule has 2 N–H and O–H groups in total. The van der Waals surface area contributed by atoms with E-state index in [1.165, 1.54) is 0 Å². The maximum atomic E-state index is 5.65. The van der Waals surface area contributed by atoms with Crippen molar-refractivity contribution in [3.8, 4) is 11.5 Å². The van der Waals surface area contributed by atoms with E-state index in [-0.39, 0.29) is 0 Å². The molecule has 17 heavy (non-hydrogen) atoms. The van der Waals surface area contributed by atoms with Crippen molar-refractivity contribution in [2.75, 3.05) is 26.3 Å². The number of rotatable bonds is 9. The SMILES string of the molecule is C=CC[NH2+]CCCOc1cccc(OCC)c1. The Morgan fingerprint density at radius 1 is 1.29 bits per heavy atom. The molecule has 0 unspecified atom stereocenters. The van der Waals surface area contributed by atoms with E-state index >= 15 is 0 Å². The highest BCUT2D eigenvalue weighted by Crippen LogP contribution is 2.19. The van der Waals surface area contributed by atoms with Gasteiger partial charge in [-0.3, -0.25) is 0 Å². The number of quaternary nitrogens is 1. The maximum absolute atomic E-state index is 5.65. The molecule has 94 valence electrons. The van der Waals surface area contributed by atoms with Gasteiger partial charge >= 0.3 is 0 Å². The third-order valence-corrected chi connectivity index (χ3v) is 2.27. The van der Waals surface area contributed by atoms with Crippen molar-refractivity contribution in [3.05, 3.63) is 36.9 Å². The van der Waals surface area contributed by atoms with Gasteiger partial charge in [-0.1, -0.05) is 12.6 Å². The first-order valence-electron chi connectivity index (χ1n) is 6.15. The van der Waals surface area contributed by atoms with Gasteiger partial charge in [0, 0.05) is 12.5 Å². The molecule has 0 saturated heterocycles. The second kappa shape index (κ2) is 8.65. The second-order valence-corrected chi connectivity index (χ2v) is 3.71. The van der Waals surface area contributed by atoms with Crippen molar-refractivity contribution >= 4 is 0 Å². The summed E-state index contributed by atoms with van der Waals surface area (Å²) in [6.07, 6.45) is 2.94. The van der Waals surface area contributed by atoms with Gasteiger partial charge in [0.05, 0.1) is 26.3 Å². The van der Waals surface area contributed by atoms with Gasteiger partial charge in [0.25, 0.3) is 0 Å². The summed E-state index contributed by atoms with van der Waals surface area (Å²) in [5, 5.41) is 2.22. The van der Waals surface area contributed by atoms with Gasteiger partial charge in [-0.2, -0.15) is 0 Å². The molecule has 0 atom stereocenters. The van der Waals surface area contributed by atoms with E-state index in [1.807, 2.05) is 37.3 Å². The molecule has 0 spiro atoms. The molecule has 0 aliphatic heterocycles. The van der Waals surface area contributed by atoms with Gasteiger partial charge in [-0.15, -0.1) is 0 Å². The Balaban J connectivity index is 2.21. The Morgan fingerprint density at radius 3 is 2.76 bits per heavy atom. The minimum absolute atomic E-state index is 0.681. The molecule has 1 aromatic rings. The standard InChI is InChI=1S/C14H21NO2/c1-3-9-15-10-6-11-17-14-8-5-7-13(12-14)16-4-2/h3,5,7-8,12,15H,1,4,6,9-11H2,2H3/p+1. The fourth-order valence-corrected chi connectivity index (χ4v) is 1.47. The van der Waals surface area contributed by atoms with E-state index in [2.05, 4.69) is 11.9 Å². The molecule has 0 aliphatic rings. The Labute approximate surface area is 103 Å². The van der Waals surface area contributed by atoms with Gasteiger partial charge in [-0.05, 0) is 25.1 Å². The van der Waals surface area contributed by atoms with Crippen LogP contribution in [0.3, 0.4) is 0 Å². The summed E-state index contributed by atoms with van der Waals surface area (Å²) in [5.74, 6) is 1.74. The van der Waals surface area contributed by atoms with E-state index in [0.29, 0.717) is 6.61 Å². The Bertz CT molecular complexity index is 326. The normalized spacial score (nSPS) is 9.94. The molecule has 0 aliphatic carbocycles. The smallest absolute Gasteiger partial charge is 0.122 e. The quantitative estimate of drug-likeness (QED) is 0.522. The molecular weight excluding hydrogens is 214 g/mol. The number of benzene rings is 1. The molecule has 3 nitrogen and oxygen atoms in total. The van der Waals surface area contributed by atoms with Crippen LogP contribution in [-0.4, -0.2) is 26.3 Å². The molecule has 0 fully saturated rings. The molecule has 0 aromatic heterocycles. The monoisotopic (exact) mass is 236 g/mol. The molecule has 0 radical (unpaired) electrons. The van der Waals surface area contributed by atoms with E-state index in [1.54, 1.807) is 0 Å². The van der Waals surface area contributed by atoms with Crippen LogP contribution in [0.25, 0.3) is 0 Å². The predicted octanol–water partition coefficient (Wildman–Crippen LogP) is 1.60. The van der Waals surface area contributed by atoms with E-state index in [0.717, 1.165) is 37.6 Å². The van der Waals surface area contributed by atoms with Gasteiger partial charge < -0.3 is 14.8 Å². The predicted molar refractivity (Wildman–Crippen MR) is 69.6 cm³/mol. The highest BCUT2D eigenvalue weighted by molar-refractivity contribution is 5.32. The summed E-state index contributed by atoms with van der Waals surface area (Å²) in [6.45, 7) is 9.11. The van der Waals surface area contributed by atoms with Crippen LogP contribution in [0.2, 0.25) is 0 Å². The zero-order valence-corrected chi connectivity index (χ0v) is 10.5. The second-order valence-electron chi connectivity index (χ2n) is 3.71. The minimum atomic E-state index is 0.681. The number of nitrogens with two attached hydrogens (primary N) is 1. The molecule has 0 amide bonds. The zero-order chi connectivity index (χ0) is 12.3. The van der Waals surface area contributed by atoms with Gasteiger partial charge in [0.2, 0.25) is 0 Å². The molecule has 0 bridgehead atoms. The third-order valence-electron chi connectivity index (χ3n) is 2.27. The van der Waals surface area contributed by atoms with Gasteiger partial charge in [0.15, 0.2) is 0 Å². The summed E-state index contributed by atoms with van der Waals surface area (Å²) in [6, 6.07) is 7.77. The van der Waals surface area contributed by atoms with Crippen molar-refractivity contribution in [1.29, 1.82) is 0 Å². The van der Waals surface area contributed by atoms with Crippen molar-refractivity contribution < 1.29 is 14.8 Å². The minimum Gasteiger partial charge on any atom is -0.494 e. The lowest BCUT2D eigenvalue weighted by Gasteiger charge is -2.08. The number of hydrogen-bond donors (Lipinski definition) is 1. The van der Waals surface area contributed by atoms with Gasteiger partial charge in [0.1, 0.15) is 11.5 Å². The van der Waals surface area contributed by atoms with Crippen LogP contribution >= 0.6 is 0 Å². The maximum Gasteiger partial charge on any atom is 0.122 e. The molecule has 1 rings (SSSR count). The Hall–Kier alpha value is -1.48. The lowest BCUT2D eigenvalue weighted by Crippen LogP contribution is -2.84. The summed E-state index contributed by atoms with van der Waals surface area (Å²) in [7, 11) is 0. The number of ether oxygens (including phenoxy) is 2. The highest BCUT2D eigenvalue weighted by atomic mass is 16.5.